The zero-order valence-electron chi connectivity index (χ0n) is 33.7. The third-order valence-electron chi connectivity index (χ3n) is 10.4. The van der Waals surface area contributed by atoms with E-state index in [-0.39, 0.29) is 72.3 Å². The highest BCUT2D eigenvalue weighted by Crippen LogP contribution is 2.42. The molecule has 0 saturated carbocycles. The number of fused-ring (bicyclic) bond motifs is 3. The number of benzene rings is 2. The monoisotopic (exact) mass is 844 g/mol. The van der Waals surface area contributed by atoms with Gasteiger partial charge in [-0.3, -0.25) is 14.4 Å². The van der Waals surface area contributed by atoms with E-state index in [0.717, 1.165) is 35.8 Å². The molecule has 7 rings (SSSR count). The molecule has 17 nitrogen and oxygen atoms in total. The molecule has 18 heteroatoms. The maximum absolute atomic E-state index is 14.2. The predicted octanol–water partition coefficient (Wildman–Crippen LogP) is 6.49. The lowest BCUT2D eigenvalue weighted by Crippen LogP contribution is -2.57. The minimum atomic E-state index is -0.905. The Morgan fingerprint density at radius 2 is 1.87 bits per heavy atom. The number of carbonyl (C=O) groups excluding carboxylic acids is 5. The Hall–Kier alpha value is -5.98. The number of carbonyl (C=O) groups is 5. The molecule has 2 N–H and O–H groups in total. The van der Waals surface area contributed by atoms with Crippen molar-refractivity contribution in [3.8, 4) is 11.5 Å². The van der Waals surface area contributed by atoms with Crippen LogP contribution < -0.4 is 25.0 Å². The summed E-state index contributed by atoms with van der Waals surface area (Å²) in [5.41, 5.74) is 0.983. The van der Waals surface area contributed by atoms with E-state index in [1.165, 1.54) is 47.3 Å². The van der Waals surface area contributed by atoms with Crippen molar-refractivity contribution >= 4 is 68.4 Å². The fourth-order valence-corrected chi connectivity index (χ4v) is 8.52. The number of esters is 1. The number of hydrogen-bond donors (Lipinski definition) is 2. The van der Waals surface area contributed by atoms with Crippen LogP contribution in [0.5, 0.6) is 11.5 Å². The number of anilines is 3. The molecular weight excluding hydrogens is 797 g/mol. The summed E-state index contributed by atoms with van der Waals surface area (Å²) < 4.78 is 37.1. The standard InChI is InChI=1S/C42H48N6O11S/c1-5-17-58-42(53)48-29-23-31(30(54-3)22-27(29)39(51)47-16-8-6-11-28(47)40(48)59-36-13-7-9-18-57-36)56-19-10-12-35(49)44-34-24-46(2)37(45-34)38(50)43-26-14-15-32-25(20-26)21-33(60-32)41(52)55-4/h5,14-15,20-24,28,36,40H,1,6-13,16-19H2,2-4H3,(H,43,50)(H,44,49). The van der Waals surface area contributed by atoms with Crippen molar-refractivity contribution < 1.29 is 52.4 Å². The van der Waals surface area contributed by atoms with Gasteiger partial charge in [0.1, 0.15) is 11.5 Å². The van der Waals surface area contributed by atoms with Crippen molar-refractivity contribution in [2.24, 2.45) is 7.05 Å². The molecule has 3 atom stereocenters. The number of thiophene rings is 1. The van der Waals surface area contributed by atoms with Crippen LogP contribution in [0.3, 0.4) is 0 Å². The highest BCUT2D eigenvalue weighted by molar-refractivity contribution is 7.20. The van der Waals surface area contributed by atoms with Crippen LogP contribution in [0.25, 0.3) is 10.1 Å². The summed E-state index contributed by atoms with van der Waals surface area (Å²) in [5, 5.41) is 6.32. The molecule has 5 heterocycles. The Bertz CT molecular complexity index is 2270. The van der Waals surface area contributed by atoms with E-state index < -0.39 is 36.5 Å². The first-order chi connectivity index (χ1) is 29.1. The molecule has 4 amide bonds. The minimum absolute atomic E-state index is 0.0476. The molecule has 3 unspecified atom stereocenters. The second kappa shape index (κ2) is 18.9. The zero-order valence-corrected chi connectivity index (χ0v) is 34.5. The number of aromatic nitrogens is 2. The normalized spacial score (nSPS) is 18.8. The van der Waals surface area contributed by atoms with Gasteiger partial charge < -0.3 is 48.5 Å². The van der Waals surface area contributed by atoms with Gasteiger partial charge in [0.15, 0.2) is 29.8 Å². The lowest BCUT2D eigenvalue weighted by atomic mass is 10.00. The number of aryl methyl sites for hydroxylation is 1. The highest BCUT2D eigenvalue weighted by Gasteiger charge is 2.47. The van der Waals surface area contributed by atoms with Crippen LogP contribution in [0.1, 0.15) is 82.0 Å². The molecule has 2 aromatic carbocycles. The van der Waals surface area contributed by atoms with Crippen molar-refractivity contribution in [2.75, 3.05) is 56.1 Å². The average molecular weight is 845 g/mol. The van der Waals surface area contributed by atoms with Crippen LogP contribution in [0.2, 0.25) is 0 Å². The molecule has 2 aromatic heterocycles. The summed E-state index contributed by atoms with van der Waals surface area (Å²) in [5.74, 6) is -0.760. The number of methoxy groups -OCH3 is 2. The smallest absolute Gasteiger partial charge is 0.416 e. The third-order valence-corrected chi connectivity index (χ3v) is 11.5. The number of rotatable bonds is 14. The topological polar surface area (TPSA) is 189 Å². The summed E-state index contributed by atoms with van der Waals surface area (Å²) in [6.45, 7) is 4.73. The SMILES string of the molecule is C=CCOC(=O)N1c2cc(OCCCC(=O)Nc3cn(C)c(C(=O)Nc4ccc5sc(C(=O)OC)cc5c4)n3)c(OC)cc2C(=O)N2CCCCC2C1OC1CCCCO1. The van der Waals surface area contributed by atoms with E-state index in [1.54, 1.807) is 48.3 Å². The number of amides is 4. The molecule has 60 heavy (non-hydrogen) atoms. The van der Waals surface area contributed by atoms with Crippen LogP contribution in [-0.2, 0) is 30.8 Å². The van der Waals surface area contributed by atoms with Crippen LogP contribution in [0.4, 0.5) is 22.0 Å². The van der Waals surface area contributed by atoms with E-state index in [4.69, 9.17) is 28.4 Å². The van der Waals surface area contributed by atoms with Gasteiger partial charge in [0.2, 0.25) is 11.7 Å². The molecule has 318 valence electrons. The van der Waals surface area contributed by atoms with Crippen LogP contribution >= 0.6 is 11.3 Å². The lowest BCUT2D eigenvalue weighted by molar-refractivity contribution is -0.198. The molecule has 2 saturated heterocycles. The quantitative estimate of drug-likeness (QED) is 0.0799. The fraction of sp³-hybridized carbons (Fsp3) is 0.429. The fourth-order valence-electron chi connectivity index (χ4n) is 7.56. The van der Waals surface area contributed by atoms with Gasteiger partial charge in [-0.25, -0.2) is 19.5 Å². The van der Waals surface area contributed by atoms with Gasteiger partial charge in [0.05, 0.1) is 38.1 Å². The molecule has 0 bridgehead atoms. The van der Waals surface area contributed by atoms with Gasteiger partial charge in [0.25, 0.3) is 11.8 Å². The predicted molar refractivity (Wildman–Crippen MR) is 222 cm³/mol. The first-order valence-corrected chi connectivity index (χ1v) is 20.7. The summed E-state index contributed by atoms with van der Waals surface area (Å²) in [6.07, 6.45) is 5.89. The van der Waals surface area contributed by atoms with Crippen LogP contribution in [-0.4, -0.2) is 103 Å². The second-order valence-electron chi connectivity index (χ2n) is 14.5. The van der Waals surface area contributed by atoms with Crippen LogP contribution in [0.15, 0.2) is 55.3 Å². The summed E-state index contributed by atoms with van der Waals surface area (Å²) in [4.78, 5) is 74.2. The van der Waals surface area contributed by atoms with Gasteiger partial charge in [-0.05, 0) is 80.7 Å². The number of nitrogens with one attached hydrogen (secondary N) is 2. The van der Waals surface area contributed by atoms with Crippen LogP contribution in [0, 0.1) is 0 Å². The maximum atomic E-state index is 14.2. The van der Waals surface area contributed by atoms with E-state index in [2.05, 4.69) is 22.2 Å². The average Bonchev–Trinajstić information content (AvgIpc) is 3.84. The van der Waals surface area contributed by atoms with Crippen molar-refractivity contribution in [1.29, 1.82) is 0 Å². The Balaban J connectivity index is 1.02. The number of nitrogens with zero attached hydrogens (tertiary/aromatic N) is 4. The van der Waals surface area contributed by atoms with Gasteiger partial charge >= 0.3 is 12.1 Å². The molecule has 3 aliphatic rings. The van der Waals surface area contributed by atoms with E-state index >= 15 is 0 Å². The summed E-state index contributed by atoms with van der Waals surface area (Å²) in [7, 11) is 4.42. The summed E-state index contributed by atoms with van der Waals surface area (Å²) >= 11 is 1.29. The molecule has 4 aromatic rings. The second-order valence-corrected chi connectivity index (χ2v) is 15.6. The number of piperidine rings is 1. The number of ether oxygens (including phenoxy) is 6. The van der Waals surface area contributed by atoms with Crippen molar-refractivity contribution in [2.45, 2.75) is 69.9 Å². The van der Waals surface area contributed by atoms with Gasteiger partial charge in [-0.1, -0.05) is 12.7 Å². The molecule has 3 aliphatic heterocycles. The van der Waals surface area contributed by atoms with E-state index in [1.807, 2.05) is 0 Å². The zero-order chi connectivity index (χ0) is 42.3. The lowest BCUT2D eigenvalue weighted by Gasteiger charge is -2.42. The molecule has 0 radical (unpaired) electrons. The molecule has 2 fully saturated rings. The first kappa shape index (κ1) is 42.2. The number of hydrogen-bond acceptors (Lipinski definition) is 13. The Labute approximate surface area is 350 Å². The molecular formula is C42H48N6O11S. The minimum Gasteiger partial charge on any atom is -0.493 e. The number of imidazole rings is 1. The molecule has 0 spiro atoms. The summed E-state index contributed by atoms with van der Waals surface area (Å²) in [6, 6.07) is 9.67. The Morgan fingerprint density at radius 3 is 2.63 bits per heavy atom. The largest absolute Gasteiger partial charge is 0.493 e. The van der Waals surface area contributed by atoms with Crippen molar-refractivity contribution in [3.05, 3.63) is 71.5 Å². The van der Waals surface area contributed by atoms with Gasteiger partial charge in [-0.2, -0.15) is 0 Å². The highest BCUT2D eigenvalue weighted by atomic mass is 32.1. The van der Waals surface area contributed by atoms with E-state index in [0.29, 0.717) is 36.6 Å². The van der Waals surface area contributed by atoms with Crippen molar-refractivity contribution in [1.82, 2.24) is 14.5 Å². The third kappa shape index (κ3) is 9.25. The van der Waals surface area contributed by atoms with Gasteiger partial charge in [-0.15, -0.1) is 11.3 Å². The Morgan fingerprint density at radius 1 is 1.03 bits per heavy atom. The Kier molecular flexibility index (Phi) is 13.3. The van der Waals surface area contributed by atoms with E-state index in [9.17, 15) is 24.0 Å². The maximum Gasteiger partial charge on any atom is 0.416 e. The first-order valence-electron chi connectivity index (χ1n) is 19.8. The molecule has 0 aliphatic carbocycles. The van der Waals surface area contributed by atoms with Crippen molar-refractivity contribution in [3.63, 3.8) is 0 Å². The van der Waals surface area contributed by atoms with Gasteiger partial charge in [0, 0.05) is 49.3 Å².